The molecule has 0 saturated carbocycles. The highest BCUT2D eigenvalue weighted by Gasteiger charge is 2.18. The first-order valence-corrected chi connectivity index (χ1v) is 4.68. The molecule has 3 nitrogen and oxygen atoms in total. The number of ketones is 1. The fraction of sp³-hybridized carbons (Fsp3) is 0.300. The summed E-state index contributed by atoms with van der Waals surface area (Å²) in [4.78, 5) is 15.3. The molecule has 0 saturated heterocycles. The number of nitriles is 1. The summed E-state index contributed by atoms with van der Waals surface area (Å²) in [5.74, 6) is 0.200. The SMILES string of the molecule is N#Cc1cc2c(nc1Cl)CCC(=O)C2. The molecule has 0 radical (unpaired) electrons. The van der Waals surface area contributed by atoms with Crippen LogP contribution in [0.2, 0.25) is 5.15 Å². The van der Waals surface area contributed by atoms with Gasteiger partial charge in [-0.05, 0) is 18.1 Å². The molecule has 0 aliphatic heterocycles. The molecular formula is C10H7ClN2O. The van der Waals surface area contributed by atoms with Crippen molar-refractivity contribution in [1.82, 2.24) is 4.98 Å². The van der Waals surface area contributed by atoms with Gasteiger partial charge in [0.25, 0.3) is 0 Å². The molecule has 0 bridgehead atoms. The van der Waals surface area contributed by atoms with E-state index in [0.29, 0.717) is 24.8 Å². The van der Waals surface area contributed by atoms with Crippen LogP contribution in [0.25, 0.3) is 0 Å². The van der Waals surface area contributed by atoms with Gasteiger partial charge in [0.05, 0.1) is 5.56 Å². The maximum absolute atomic E-state index is 11.2. The third-order valence-electron chi connectivity index (χ3n) is 2.29. The van der Waals surface area contributed by atoms with Gasteiger partial charge in [-0.15, -0.1) is 0 Å². The van der Waals surface area contributed by atoms with E-state index in [1.165, 1.54) is 0 Å². The number of Topliss-reactive ketones (excluding diaryl/α,β-unsaturated/α-hetero) is 1. The highest BCUT2D eigenvalue weighted by atomic mass is 35.5. The number of pyridine rings is 1. The van der Waals surface area contributed by atoms with Gasteiger partial charge in [-0.25, -0.2) is 4.98 Å². The summed E-state index contributed by atoms with van der Waals surface area (Å²) in [6, 6.07) is 3.62. The fourth-order valence-corrected chi connectivity index (χ4v) is 1.77. The second kappa shape index (κ2) is 3.39. The van der Waals surface area contributed by atoms with E-state index in [-0.39, 0.29) is 10.9 Å². The number of nitrogens with zero attached hydrogens (tertiary/aromatic N) is 2. The molecule has 2 rings (SSSR count). The number of halogens is 1. The molecule has 1 aliphatic carbocycles. The molecular weight excluding hydrogens is 200 g/mol. The van der Waals surface area contributed by atoms with Crippen LogP contribution in [-0.4, -0.2) is 10.8 Å². The minimum Gasteiger partial charge on any atom is -0.299 e. The molecule has 0 unspecified atom stereocenters. The Bertz CT molecular complexity index is 448. The Morgan fingerprint density at radius 1 is 1.50 bits per heavy atom. The molecule has 70 valence electrons. The zero-order chi connectivity index (χ0) is 10.1. The van der Waals surface area contributed by atoms with E-state index in [4.69, 9.17) is 16.9 Å². The van der Waals surface area contributed by atoms with Crippen molar-refractivity contribution in [1.29, 1.82) is 5.26 Å². The van der Waals surface area contributed by atoms with Crippen LogP contribution in [0.5, 0.6) is 0 Å². The van der Waals surface area contributed by atoms with Gasteiger partial charge in [-0.2, -0.15) is 5.26 Å². The number of carbonyl (C=O) groups excluding carboxylic acids is 1. The molecule has 4 heteroatoms. The summed E-state index contributed by atoms with van der Waals surface area (Å²) >= 11 is 5.78. The Kier molecular flexibility index (Phi) is 2.22. The number of rotatable bonds is 0. The van der Waals surface area contributed by atoms with Crippen LogP contribution in [0.15, 0.2) is 6.07 Å². The summed E-state index contributed by atoms with van der Waals surface area (Å²) < 4.78 is 0. The molecule has 0 atom stereocenters. The molecule has 14 heavy (non-hydrogen) atoms. The van der Waals surface area contributed by atoms with Gasteiger partial charge in [0.15, 0.2) is 0 Å². The molecule has 0 fully saturated rings. The third kappa shape index (κ3) is 1.49. The Morgan fingerprint density at radius 3 is 3.00 bits per heavy atom. The molecule has 0 spiro atoms. The number of aryl methyl sites for hydroxylation is 1. The van der Waals surface area contributed by atoms with Crippen LogP contribution in [0.3, 0.4) is 0 Å². The highest BCUT2D eigenvalue weighted by Crippen LogP contribution is 2.22. The monoisotopic (exact) mass is 206 g/mol. The fourth-order valence-electron chi connectivity index (χ4n) is 1.57. The van der Waals surface area contributed by atoms with Crippen molar-refractivity contribution in [2.75, 3.05) is 0 Å². The predicted octanol–water partition coefficient (Wildman–Crippen LogP) is 1.66. The lowest BCUT2D eigenvalue weighted by Gasteiger charge is -2.14. The Morgan fingerprint density at radius 2 is 2.29 bits per heavy atom. The first-order chi connectivity index (χ1) is 6.70. The van der Waals surface area contributed by atoms with E-state index < -0.39 is 0 Å². The summed E-state index contributed by atoms with van der Waals surface area (Å²) in [6.45, 7) is 0. The minimum absolute atomic E-state index is 0.200. The van der Waals surface area contributed by atoms with E-state index in [2.05, 4.69) is 4.98 Å². The van der Waals surface area contributed by atoms with Crippen molar-refractivity contribution in [3.8, 4) is 6.07 Å². The van der Waals surface area contributed by atoms with Gasteiger partial charge < -0.3 is 0 Å². The van der Waals surface area contributed by atoms with E-state index in [0.717, 1.165) is 11.3 Å². The smallest absolute Gasteiger partial charge is 0.147 e. The summed E-state index contributed by atoms with van der Waals surface area (Å²) in [6.07, 6.45) is 1.55. The lowest BCUT2D eigenvalue weighted by Crippen LogP contribution is -2.15. The van der Waals surface area contributed by atoms with Crippen LogP contribution >= 0.6 is 11.6 Å². The van der Waals surface area contributed by atoms with Gasteiger partial charge in [0, 0.05) is 18.5 Å². The Hall–Kier alpha value is -1.40. The number of carbonyl (C=O) groups is 1. The van der Waals surface area contributed by atoms with Crippen molar-refractivity contribution >= 4 is 17.4 Å². The van der Waals surface area contributed by atoms with E-state index in [1.807, 2.05) is 6.07 Å². The molecule has 1 aliphatic rings. The van der Waals surface area contributed by atoms with Crippen LogP contribution in [-0.2, 0) is 17.6 Å². The molecule has 1 aromatic rings. The van der Waals surface area contributed by atoms with E-state index in [9.17, 15) is 4.79 Å². The molecule has 0 aromatic carbocycles. The van der Waals surface area contributed by atoms with Gasteiger partial charge in [-0.3, -0.25) is 4.79 Å². The number of hydrogen-bond acceptors (Lipinski definition) is 3. The molecule has 0 amide bonds. The summed E-state index contributed by atoms with van der Waals surface area (Å²) in [5, 5.41) is 8.96. The van der Waals surface area contributed by atoms with Crippen molar-refractivity contribution in [2.45, 2.75) is 19.3 Å². The highest BCUT2D eigenvalue weighted by molar-refractivity contribution is 6.30. The lowest BCUT2D eigenvalue weighted by molar-refractivity contribution is -0.118. The number of aromatic nitrogens is 1. The van der Waals surface area contributed by atoms with Crippen molar-refractivity contribution < 1.29 is 4.79 Å². The largest absolute Gasteiger partial charge is 0.299 e. The van der Waals surface area contributed by atoms with Crippen molar-refractivity contribution in [3.63, 3.8) is 0 Å². The first-order valence-electron chi connectivity index (χ1n) is 4.31. The molecule has 0 N–H and O–H groups in total. The van der Waals surface area contributed by atoms with Crippen LogP contribution in [0.4, 0.5) is 0 Å². The predicted molar refractivity (Wildman–Crippen MR) is 51.0 cm³/mol. The zero-order valence-corrected chi connectivity index (χ0v) is 8.14. The van der Waals surface area contributed by atoms with Gasteiger partial charge in [-0.1, -0.05) is 11.6 Å². The van der Waals surface area contributed by atoms with E-state index >= 15 is 0 Å². The Labute approximate surface area is 86.3 Å². The topological polar surface area (TPSA) is 53.8 Å². The normalized spacial score (nSPS) is 14.7. The van der Waals surface area contributed by atoms with Crippen LogP contribution < -0.4 is 0 Å². The quantitative estimate of drug-likeness (QED) is 0.607. The standard InChI is InChI=1S/C10H7ClN2O/c11-10-7(5-12)3-6-4-8(14)1-2-9(6)13-10/h3H,1-2,4H2. The molecule has 1 aromatic heterocycles. The van der Waals surface area contributed by atoms with Crippen molar-refractivity contribution in [3.05, 3.63) is 28.0 Å². The maximum Gasteiger partial charge on any atom is 0.147 e. The Balaban J connectivity index is 2.52. The average Bonchev–Trinajstić information content (AvgIpc) is 2.17. The average molecular weight is 207 g/mol. The first kappa shape index (κ1) is 9.17. The van der Waals surface area contributed by atoms with Crippen LogP contribution in [0.1, 0.15) is 23.2 Å². The van der Waals surface area contributed by atoms with Gasteiger partial charge in [0.2, 0.25) is 0 Å². The molecule has 1 heterocycles. The lowest BCUT2D eigenvalue weighted by atomic mass is 9.94. The van der Waals surface area contributed by atoms with E-state index in [1.54, 1.807) is 6.07 Å². The third-order valence-corrected chi connectivity index (χ3v) is 2.58. The summed E-state index contributed by atoms with van der Waals surface area (Å²) in [7, 11) is 0. The summed E-state index contributed by atoms with van der Waals surface area (Å²) in [5.41, 5.74) is 2.05. The van der Waals surface area contributed by atoms with Gasteiger partial charge >= 0.3 is 0 Å². The minimum atomic E-state index is 0.200. The second-order valence-corrected chi connectivity index (χ2v) is 3.62. The van der Waals surface area contributed by atoms with Gasteiger partial charge in [0.1, 0.15) is 17.0 Å². The zero-order valence-electron chi connectivity index (χ0n) is 7.38. The maximum atomic E-state index is 11.2. The number of fused-ring (bicyclic) bond motifs is 1. The van der Waals surface area contributed by atoms with Crippen LogP contribution in [0, 0.1) is 11.3 Å². The number of hydrogen-bond donors (Lipinski definition) is 0. The second-order valence-electron chi connectivity index (χ2n) is 3.26. The van der Waals surface area contributed by atoms with Crippen molar-refractivity contribution in [2.24, 2.45) is 0 Å².